The van der Waals surface area contributed by atoms with Crippen molar-refractivity contribution in [1.82, 2.24) is 0 Å². The Morgan fingerprint density at radius 2 is 1.93 bits per heavy atom. The van der Waals surface area contributed by atoms with Crippen molar-refractivity contribution < 1.29 is 19.1 Å². The average Bonchev–Trinajstić information content (AvgIpc) is 2.72. The highest BCUT2D eigenvalue weighted by molar-refractivity contribution is 5.82. The molecule has 1 fully saturated rings. The van der Waals surface area contributed by atoms with Crippen molar-refractivity contribution in [2.45, 2.75) is 19.3 Å². The Morgan fingerprint density at radius 1 is 1.20 bits per heavy atom. The highest BCUT2D eigenvalue weighted by atomic mass is 16.5. The molecule has 0 aromatic carbocycles. The number of hydrogen-bond donors (Lipinski definition) is 0. The predicted molar refractivity (Wildman–Crippen MR) is 54.0 cm³/mol. The summed E-state index contributed by atoms with van der Waals surface area (Å²) in [6.07, 6.45) is 5.89. The van der Waals surface area contributed by atoms with E-state index in [0.717, 1.165) is 19.3 Å². The molecule has 0 bridgehead atoms. The van der Waals surface area contributed by atoms with Gasteiger partial charge in [0.25, 0.3) is 0 Å². The summed E-state index contributed by atoms with van der Waals surface area (Å²) in [6, 6.07) is 0. The van der Waals surface area contributed by atoms with Crippen LogP contribution in [0.25, 0.3) is 0 Å². The third-order valence-corrected chi connectivity index (χ3v) is 2.75. The lowest BCUT2D eigenvalue weighted by atomic mass is 9.96. The van der Waals surface area contributed by atoms with E-state index < -0.39 is 0 Å². The minimum Gasteiger partial charge on any atom is -0.469 e. The van der Waals surface area contributed by atoms with Crippen LogP contribution in [0, 0.1) is 11.8 Å². The van der Waals surface area contributed by atoms with E-state index >= 15 is 0 Å². The van der Waals surface area contributed by atoms with Crippen LogP contribution in [0.15, 0.2) is 12.2 Å². The van der Waals surface area contributed by atoms with Gasteiger partial charge in [0, 0.05) is 6.08 Å². The van der Waals surface area contributed by atoms with Gasteiger partial charge in [-0.15, -0.1) is 0 Å². The van der Waals surface area contributed by atoms with Crippen molar-refractivity contribution in [3.05, 3.63) is 12.2 Å². The third-order valence-electron chi connectivity index (χ3n) is 2.75. The van der Waals surface area contributed by atoms with Crippen LogP contribution in [0.3, 0.4) is 0 Å². The molecule has 15 heavy (non-hydrogen) atoms. The van der Waals surface area contributed by atoms with Gasteiger partial charge in [-0.2, -0.15) is 0 Å². The number of rotatable bonds is 3. The second-order valence-electron chi connectivity index (χ2n) is 3.61. The number of hydrogen-bond acceptors (Lipinski definition) is 4. The Labute approximate surface area is 89.2 Å². The first kappa shape index (κ1) is 11.8. The van der Waals surface area contributed by atoms with Crippen molar-refractivity contribution in [3.63, 3.8) is 0 Å². The summed E-state index contributed by atoms with van der Waals surface area (Å²) in [4.78, 5) is 22.3. The SMILES string of the molecule is COC(=O)/C=C/C1CCCC1C(=O)OC. The lowest BCUT2D eigenvalue weighted by molar-refractivity contribution is -0.146. The molecular formula is C11H16O4. The Morgan fingerprint density at radius 3 is 2.53 bits per heavy atom. The summed E-state index contributed by atoms with van der Waals surface area (Å²) in [5.74, 6) is -0.565. The van der Waals surface area contributed by atoms with E-state index in [1.807, 2.05) is 0 Å². The van der Waals surface area contributed by atoms with Crippen molar-refractivity contribution in [2.24, 2.45) is 11.8 Å². The molecule has 4 nitrogen and oxygen atoms in total. The van der Waals surface area contributed by atoms with Crippen LogP contribution in [0.2, 0.25) is 0 Å². The molecule has 1 aliphatic rings. The number of esters is 2. The van der Waals surface area contributed by atoms with E-state index in [1.165, 1.54) is 20.3 Å². The quantitative estimate of drug-likeness (QED) is 0.522. The third kappa shape index (κ3) is 3.08. The molecule has 0 spiro atoms. The molecule has 1 aliphatic carbocycles. The molecule has 0 aromatic rings. The van der Waals surface area contributed by atoms with Gasteiger partial charge in [-0.3, -0.25) is 4.79 Å². The van der Waals surface area contributed by atoms with Gasteiger partial charge in [0.2, 0.25) is 0 Å². The van der Waals surface area contributed by atoms with E-state index in [0.29, 0.717) is 0 Å². The molecular weight excluding hydrogens is 196 g/mol. The van der Waals surface area contributed by atoms with E-state index in [-0.39, 0.29) is 23.8 Å². The molecule has 2 unspecified atom stereocenters. The highest BCUT2D eigenvalue weighted by Crippen LogP contribution is 2.33. The Bertz CT molecular complexity index is 270. The lowest BCUT2D eigenvalue weighted by Crippen LogP contribution is -2.19. The maximum atomic E-state index is 11.4. The van der Waals surface area contributed by atoms with Gasteiger partial charge in [-0.25, -0.2) is 4.79 Å². The molecule has 0 saturated heterocycles. The Hall–Kier alpha value is -1.32. The van der Waals surface area contributed by atoms with E-state index in [4.69, 9.17) is 4.74 Å². The van der Waals surface area contributed by atoms with Crippen LogP contribution in [-0.2, 0) is 19.1 Å². The molecule has 0 amide bonds. The maximum absolute atomic E-state index is 11.4. The second kappa shape index (κ2) is 5.53. The predicted octanol–water partition coefficient (Wildman–Crippen LogP) is 1.30. The van der Waals surface area contributed by atoms with Gasteiger partial charge in [-0.05, 0) is 18.8 Å². The van der Waals surface area contributed by atoms with Crippen LogP contribution in [0.1, 0.15) is 19.3 Å². The van der Waals surface area contributed by atoms with E-state index in [2.05, 4.69) is 4.74 Å². The van der Waals surface area contributed by atoms with Crippen LogP contribution in [-0.4, -0.2) is 26.2 Å². The summed E-state index contributed by atoms with van der Waals surface area (Å²) in [6.45, 7) is 0. The van der Waals surface area contributed by atoms with Gasteiger partial charge in [-0.1, -0.05) is 12.5 Å². The lowest BCUT2D eigenvalue weighted by Gasteiger charge is -2.12. The number of carbonyl (C=O) groups excluding carboxylic acids is 2. The van der Waals surface area contributed by atoms with Gasteiger partial charge in [0.15, 0.2) is 0 Å². The molecule has 0 aliphatic heterocycles. The highest BCUT2D eigenvalue weighted by Gasteiger charge is 2.31. The van der Waals surface area contributed by atoms with Crippen molar-refractivity contribution in [1.29, 1.82) is 0 Å². The van der Waals surface area contributed by atoms with E-state index in [1.54, 1.807) is 6.08 Å². The molecule has 0 radical (unpaired) electrons. The molecule has 1 rings (SSSR count). The monoisotopic (exact) mass is 212 g/mol. The zero-order valence-corrected chi connectivity index (χ0v) is 9.06. The molecule has 0 N–H and O–H groups in total. The van der Waals surface area contributed by atoms with Crippen LogP contribution >= 0.6 is 0 Å². The zero-order chi connectivity index (χ0) is 11.3. The van der Waals surface area contributed by atoms with Crippen LogP contribution < -0.4 is 0 Å². The van der Waals surface area contributed by atoms with Crippen molar-refractivity contribution >= 4 is 11.9 Å². The molecule has 2 atom stereocenters. The molecule has 0 heterocycles. The van der Waals surface area contributed by atoms with Crippen molar-refractivity contribution in [2.75, 3.05) is 14.2 Å². The largest absolute Gasteiger partial charge is 0.469 e. The first-order chi connectivity index (χ1) is 7.19. The van der Waals surface area contributed by atoms with Crippen LogP contribution in [0.4, 0.5) is 0 Å². The van der Waals surface area contributed by atoms with Gasteiger partial charge in [0.05, 0.1) is 20.1 Å². The number of ether oxygens (including phenoxy) is 2. The fourth-order valence-electron chi connectivity index (χ4n) is 1.93. The fourth-order valence-corrected chi connectivity index (χ4v) is 1.93. The van der Waals surface area contributed by atoms with E-state index in [9.17, 15) is 9.59 Å². The topological polar surface area (TPSA) is 52.6 Å². The fraction of sp³-hybridized carbons (Fsp3) is 0.636. The summed E-state index contributed by atoms with van der Waals surface area (Å²) in [5.41, 5.74) is 0. The molecule has 1 saturated carbocycles. The molecule has 84 valence electrons. The Balaban J connectivity index is 2.57. The average molecular weight is 212 g/mol. The standard InChI is InChI=1S/C11H16O4/c1-14-10(12)7-6-8-4-3-5-9(8)11(13)15-2/h6-9H,3-5H2,1-2H3/b7-6+. The normalized spacial score (nSPS) is 25.5. The van der Waals surface area contributed by atoms with Gasteiger partial charge < -0.3 is 9.47 Å². The first-order valence-electron chi connectivity index (χ1n) is 5.03. The minimum atomic E-state index is -0.384. The number of carbonyl (C=O) groups is 2. The zero-order valence-electron chi connectivity index (χ0n) is 9.06. The van der Waals surface area contributed by atoms with Gasteiger partial charge in [0.1, 0.15) is 0 Å². The smallest absolute Gasteiger partial charge is 0.330 e. The molecule has 0 aromatic heterocycles. The summed E-state index contributed by atoms with van der Waals surface area (Å²) in [5, 5.41) is 0. The number of methoxy groups -OCH3 is 2. The summed E-state index contributed by atoms with van der Waals surface area (Å²) in [7, 11) is 2.72. The van der Waals surface area contributed by atoms with Crippen molar-refractivity contribution in [3.8, 4) is 0 Å². The molecule has 4 heteroatoms. The minimum absolute atomic E-state index is 0.101. The maximum Gasteiger partial charge on any atom is 0.330 e. The Kier molecular flexibility index (Phi) is 4.34. The summed E-state index contributed by atoms with van der Waals surface area (Å²) >= 11 is 0. The van der Waals surface area contributed by atoms with Crippen LogP contribution in [0.5, 0.6) is 0 Å². The van der Waals surface area contributed by atoms with Gasteiger partial charge >= 0.3 is 11.9 Å². The second-order valence-corrected chi connectivity index (χ2v) is 3.61. The first-order valence-corrected chi connectivity index (χ1v) is 5.03. The summed E-state index contributed by atoms with van der Waals surface area (Å²) < 4.78 is 9.20. The number of allylic oxidation sites excluding steroid dienone is 1.